The van der Waals surface area contributed by atoms with Crippen molar-refractivity contribution in [1.82, 2.24) is 9.97 Å². The molecule has 88 valence electrons. The lowest BCUT2D eigenvalue weighted by Crippen LogP contribution is -2.41. The highest BCUT2D eigenvalue weighted by Crippen LogP contribution is 2.29. The summed E-state index contributed by atoms with van der Waals surface area (Å²) in [7, 11) is 0. The van der Waals surface area contributed by atoms with Crippen LogP contribution >= 0.6 is 0 Å². The minimum Gasteiger partial charge on any atom is -0.476 e. The van der Waals surface area contributed by atoms with Crippen molar-refractivity contribution in [1.29, 1.82) is 0 Å². The number of hydrogen-bond donors (Lipinski definition) is 1. The molecule has 2 rings (SSSR count). The van der Waals surface area contributed by atoms with Crippen LogP contribution < -0.4 is 10.5 Å². The molecule has 16 heavy (non-hydrogen) atoms. The Balaban J connectivity index is 1.92. The lowest BCUT2D eigenvalue weighted by atomic mass is 9.81. The molecule has 1 fully saturated rings. The van der Waals surface area contributed by atoms with Crippen LogP contribution in [0.4, 0.5) is 0 Å². The normalized spacial score (nSPS) is 19.3. The lowest BCUT2D eigenvalue weighted by molar-refractivity contribution is -0.00589. The number of ether oxygens (including phenoxy) is 2. The van der Waals surface area contributed by atoms with E-state index in [0.29, 0.717) is 19.0 Å². The summed E-state index contributed by atoms with van der Waals surface area (Å²) >= 11 is 0. The zero-order valence-electron chi connectivity index (χ0n) is 9.26. The van der Waals surface area contributed by atoms with Crippen molar-refractivity contribution >= 4 is 0 Å². The second-order valence-corrected chi connectivity index (χ2v) is 4.15. The molecule has 0 atom stereocenters. The van der Waals surface area contributed by atoms with Gasteiger partial charge in [-0.05, 0) is 12.8 Å². The van der Waals surface area contributed by atoms with Crippen molar-refractivity contribution < 1.29 is 9.47 Å². The number of nitrogens with zero attached hydrogens (tertiary/aromatic N) is 2. The van der Waals surface area contributed by atoms with E-state index >= 15 is 0 Å². The van der Waals surface area contributed by atoms with Gasteiger partial charge in [0.2, 0.25) is 5.88 Å². The fourth-order valence-electron chi connectivity index (χ4n) is 1.80. The zero-order chi connectivity index (χ0) is 11.3. The molecule has 0 spiro atoms. The van der Waals surface area contributed by atoms with E-state index in [1.807, 2.05) is 0 Å². The predicted molar refractivity (Wildman–Crippen MR) is 59.1 cm³/mol. The first kappa shape index (κ1) is 11.3. The Morgan fingerprint density at radius 2 is 2.19 bits per heavy atom. The maximum atomic E-state index is 5.83. The summed E-state index contributed by atoms with van der Waals surface area (Å²) in [6.07, 6.45) is 6.76. The van der Waals surface area contributed by atoms with Gasteiger partial charge in [-0.3, -0.25) is 4.98 Å². The van der Waals surface area contributed by atoms with Crippen LogP contribution in [0.1, 0.15) is 12.8 Å². The highest BCUT2D eigenvalue weighted by Gasteiger charge is 2.32. The van der Waals surface area contributed by atoms with E-state index in [-0.39, 0.29) is 5.41 Å². The molecule has 0 aliphatic carbocycles. The summed E-state index contributed by atoms with van der Waals surface area (Å²) in [4.78, 5) is 8.03. The summed E-state index contributed by atoms with van der Waals surface area (Å²) in [6, 6.07) is 0. The highest BCUT2D eigenvalue weighted by molar-refractivity contribution is 5.02. The van der Waals surface area contributed by atoms with Crippen molar-refractivity contribution in [2.24, 2.45) is 11.1 Å². The molecule has 0 unspecified atom stereocenters. The van der Waals surface area contributed by atoms with Crippen LogP contribution in [0.3, 0.4) is 0 Å². The SMILES string of the molecule is NCC1(COc2cnccn2)CCOCC1. The Hall–Kier alpha value is -1.20. The molecule has 0 radical (unpaired) electrons. The van der Waals surface area contributed by atoms with E-state index in [1.165, 1.54) is 0 Å². The molecule has 0 amide bonds. The second kappa shape index (κ2) is 5.23. The van der Waals surface area contributed by atoms with Gasteiger partial charge in [0.05, 0.1) is 12.8 Å². The Morgan fingerprint density at radius 3 is 2.81 bits per heavy atom. The fraction of sp³-hybridized carbons (Fsp3) is 0.636. The molecule has 2 N–H and O–H groups in total. The maximum Gasteiger partial charge on any atom is 0.232 e. The molecule has 1 aromatic heterocycles. The van der Waals surface area contributed by atoms with E-state index < -0.39 is 0 Å². The summed E-state index contributed by atoms with van der Waals surface area (Å²) in [5.41, 5.74) is 5.87. The average Bonchev–Trinajstić information content (AvgIpc) is 2.39. The molecule has 0 bridgehead atoms. The fourth-order valence-corrected chi connectivity index (χ4v) is 1.80. The third-order valence-corrected chi connectivity index (χ3v) is 3.05. The molecular weight excluding hydrogens is 206 g/mol. The highest BCUT2D eigenvalue weighted by atomic mass is 16.5. The number of hydrogen-bond acceptors (Lipinski definition) is 5. The van der Waals surface area contributed by atoms with Crippen LogP contribution in [0.25, 0.3) is 0 Å². The van der Waals surface area contributed by atoms with Gasteiger partial charge in [-0.1, -0.05) is 0 Å². The number of aromatic nitrogens is 2. The molecule has 1 aliphatic heterocycles. The summed E-state index contributed by atoms with van der Waals surface area (Å²) in [6.45, 7) is 2.74. The van der Waals surface area contributed by atoms with Crippen molar-refractivity contribution in [2.75, 3.05) is 26.4 Å². The van der Waals surface area contributed by atoms with Crippen LogP contribution in [0.15, 0.2) is 18.6 Å². The summed E-state index contributed by atoms with van der Waals surface area (Å²) in [5, 5.41) is 0. The lowest BCUT2D eigenvalue weighted by Gasteiger charge is -2.35. The van der Waals surface area contributed by atoms with Gasteiger partial charge in [-0.15, -0.1) is 0 Å². The topological polar surface area (TPSA) is 70.3 Å². The Bertz CT molecular complexity index is 312. The van der Waals surface area contributed by atoms with Crippen LogP contribution in [-0.4, -0.2) is 36.3 Å². The minimum atomic E-state index is 0.0375. The smallest absolute Gasteiger partial charge is 0.232 e. The zero-order valence-corrected chi connectivity index (χ0v) is 9.26. The first-order valence-corrected chi connectivity index (χ1v) is 5.51. The number of rotatable bonds is 4. The largest absolute Gasteiger partial charge is 0.476 e. The van der Waals surface area contributed by atoms with Gasteiger partial charge in [0.15, 0.2) is 0 Å². The van der Waals surface area contributed by atoms with E-state index in [4.69, 9.17) is 15.2 Å². The van der Waals surface area contributed by atoms with E-state index in [0.717, 1.165) is 26.1 Å². The number of nitrogens with two attached hydrogens (primary N) is 1. The average molecular weight is 223 g/mol. The second-order valence-electron chi connectivity index (χ2n) is 4.15. The third kappa shape index (κ3) is 2.68. The van der Waals surface area contributed by atoms with Crippen LogP contribution in [0, 0.1) is 5.41 Å². The van der Waals surface area contributed by atoms with Gasteiger partial charge in [-0.25, -0.2) is 4.98 Å². The van der Waals surface area contributed by atoms with Crippen molar-refractivity contribution in [2.45, 2.75) is 12.8 Å². The molecule has 5 nitrogen and oxygen atoms in total. The van der Waals surface area contributed by atoms with Crippen LogP contribution in [-0.2, 0) is 4.74 Å². The summed E-state index contributed by atoms with van der Waals surface area (Å²) < 4.78 is 11.0. The molecule has 1 saturated heterocycles. The van der Waals surface area contributed by atoms with E-state index in [9.17, 15) is 0 Å². The molecular formula is C11H17N3O2. The van der Waals surface area contributed by atoms with Crippen LogP contribution in [0.2, 0.25) is 0 Å². The van der Waals surface area contributed by atoms with Gasteiger partial charge in [0.1, 0.15) is 0 Å². The molecule has 0 aromatic carbocycles. The van der Waals surface area contributed by atoms with Crippen LogP contribution in [0.5, 0.6) is 5.88 Å². The van der Waals surface area contributed by atoms with Gasteiger partial charge in [0.25, 0.3) is 0 Å². The third-order valence-electron chi connectivity index (χ3n) is 3.05. The minimum absolute atomic E-state index is 0.0375. The van der Waals surface area contributed by atoms with E-state index in [2.05, 4.69) is 9.97 Å². The first-order valence-electron chi connectivity index (χ1n) is 5.51. The van der Waals surface area contributed by atoms with Crippen molar-refractivity contribution in [3.8, 4) is 5.88 Å². The Labute approximate surface area is 95.0 Å². The van der Waals surface area contributed by atoms with Gasteiger partial charge >= 0.3 is 0 Å². The molecule has 5 heteroatoms. The molecule has 2 heterocycles. The quantitative estimate of drug-likeness (QED) is 0.809. The van der Waals surface area contributed by atoms with Gasteiger partial charge < -0.3 is 15.2 Å². The summed E-state index contributed by atoms with van der Waals surface area (Å²) in [5.74, 6) is 0.557. The maximum absolute atomic E-state index is 5.83. The standard InChI is InChI=1S/C11H17N3O2/c12-8-11(1-5-15-6-2-11)9-16-10-7-13-3-4-14-10/h3-4,7H,1-2,5-6,8-9,12H2. The molecule has 1 aromatic rings. The van der Waals surface area contributed by atoms with Crippen molar-refractivity contribution in [3.05, 3.63) is 18.6 Å². The monoisotopic (exact) mass is 223 g/mol. The first-order chi connectivity index (χ1) is 7.85. The van der Waals surface area contributed by atoms with Gasteiger partial charge in [-0.2, -0.15) is 0 Å². The molecule has 0 saturated carbocycles. The Kier molecular flexibility index (Phi) is 3.69. The van der Waals surface area contributed by atoms with E-state index in [1.54, 1.807) is 18.6 Å². The van der Waals surface area contributed by atoms with Crippen molar-refractivity contribution in [3.63, 3.8) is 0 Å². The molecule has 1 aliphatic rings. The predicted octanol–water partition coefficient (Wildman–Crippen LogP) is 0.611. The van der Waals surface area contributed by atoms with Gasteiger partial charge in [0, 0.05) is 37.6 Å². The Morgan fingerprint density at radius 1 is 1.38 bits per heavy atom.